The molecule has 3 aromatic carbocycles. The van der Waals surface area contributed by atoms with Crippen molar-refractivity contribution in [3.63, 3.8) is 0 Å². The summed E-state index contributed by atoms with van der Waals surface area (Å²) in [6.45, 7) is 4.04. The van der Waals surface area contributed by atoms with Crippen molar-refractivity contribution in [2.24, 2.45) is 5.41 Å². The van der Waals surface area contributed by atoms with Crippen molar-refractivity contribution in [2.45, 2.75) is 19.3 Å². The third kappa shape index (κ3) is 4.00. The molecule has 0 radical (unpaired) electrons. The van der Waals surface area contributed by atoms with E-state index < -0.39 is 0 Å². The summed E-state index contributed by atoms with van der Waals surface area (Å²) < 4.78 is 0. The van der Waals surface area contributed by atoms with E-state index in [0.29, 0.717) is 12.1 Å². The van der Waals surface area contributed by atoms with Crippen molar-refractivity contribution in [1.29, 1.82) is 0 Å². The minimum atomic E-state index is -0.208. The first-order valence-corrected chi connectivity index (χ1v) is 11.5. The Hall–Kier alpha value is -3.18. The molecule has 1 N–H and O–H groups in total. The maximum atomic E-state index is 13.2. The van der Waals surface area contributed by atoms with E-state index in [-0.39, 0.29) is 17.2 Å². The molecule has 0 unspecified atom stereocenters. The van der Waals surface area contributed by atoms with Crippen molar-refractivity contribution in [2.75, 3.05) is 37.6 Å². The number of piperidine rings is 1. The van der Waals surface area contributed by atoms with Crippen LogP contribution in [0.3, 0.4) is 0 Å². The summed E-state index contributed by atoms with van der Waals surface area (Å²) in [6, 6.07) is 23.9. The van der Waals surface area contributed by atoms with Crippen LogP contribution in [0.25, 0.3) is 10.8 Å². The SMILES string of the molecule is O=C(NCCN1CCC2(CC1)CCN(c1ccccc1)C2=O)c1ccc2ccccc2c1. The van der Waals surface area contributed by atoms with Gasteiger partial charge in [-0.1, -0.05) is 48.5 Å². The number of amides is 2. The number of nitrogens with one attached hydrogen (secondary N) is 1. The summed E-state index contributed by atoms with van der Waals surface area (Å²) in [5.74, 6) is 0.252. The van der Waals surface area contributed by atoms with Gasteiger partial charge in [0.1, 0.15) is 0 Å². The van der Waals surface area contributed by atoms with Crippen molar-refractivity contribution in [3.8, 4) is 0 Å². The molecule has 5 rings (SSSR count). The fourth-order valence-corrected chi connectivity index (χ4v) is 5.10. The number of fused-ring (bicyclic) bond motifs is 1. The molecular weight excluding hydrogens is 398 g/mol. The Balaban J connectivity index is 1.11. The predicted octanol–water partition coefficient (Wildman–Crippen LogP) is 4.09. The van der Waals surface area contributed by atoms with Crippen LogP contribution in [0.4, 0.5) is 5.69 Å². The Morgan fingerprint density at radius 2 is 1.53 bits per heavy atom. The molecule has 32 heavy (non-hydrogen) atoms. The number of carbonyl (C=O) groups excluding carboxylic acids is 2. The van der Waals surface area contributed by atoms with Crippen LogP contribution in [-0.4, -0.2) is 49.4 Å². The van der Waals surface area contributed by atoms with Gasteiger partial charge in [0, 0.05) is 30.9 Å². The van der Waals surface area contributed by atoms with Gasteiger partial charge in [0.05, 0.1) is 5.41 Å². The summed E-state index contributed by atoms with van der Waals surface area (Å²) >= 11 is 0. The van der Waals surface area contributed by atoms with Gasteiger partial charge in [-0.25, -0.2) is 0 Å². The van der Waals surface area contributed by atoms with Crippen molar-refractivity contribution < 1.29 is 9.59 Å². The lowest BCUT2D eigenvalue weighted by Gasteiger charge is -2.38. The molecule has 0 bridgehead atoms. The van der Waals surface area contributed by atoms with Gasteiger partial charge < -0.3 is 15.1 Å². The monoisotopic (exact) mass is 427 g/mol. The van der Waals surface area contributed by atoms with E-state index in [2.05, 4.69) is 10.2 Å². The number of anilines is 1. The molecular formula is C27H29N3O2. The molecule has 2 saturated heterocycles. The zero-order valence-corrected chi connectivity index (χ0v) is 18.3. The Labute approximate surface area is 189 Å². The Kier molecular flexibility index (Phi) is 5.66. The van der Waals surface area contributed by atoms with E-state index in [9.17, 15) is 9.59 Å². The number of rotatable bonds is 5. The highest BCUT2D eigenvalue weighted by Gasteiger charge is 2.48. The average Bonchev–Trinajstić information content (AvgIpc) is 3.16. The first kappa shape index (κ1) is 20.7. The Morgan fingerprint density at radius 3 is 2.31 bits per heavy atom. The number of carbonyl (C=O) groups is 2. The number of likely N-dealkylation sites (tertiary alicyclic amines) is 1. The van der Waals surface area contributed by atoms with Crippen LogP contribution in [0.1, 0.15) is 29.6 Å². The van der Waals surface area contributed by atoms with E-state index in [1.54, 1.807) is 0 Å². The van der Waals surface area contributed by atoms with Gasteiger partial charge in [0.15, 0.2) is 0 Å². The lowest BCUT2D eigenvalue weighted by atomic mass is 9.77. The second kappa shape index (κ2) is 8.75. The maximum Gasteiger partial charge on any atom is 0.251 e. The van der Waals surface area contributed by atoms with Gasteiger partial charge in [-0.05, 0) is 67.4 Å². The summed E-state index contributed by atoms with van der Waals surface area (Å²) in [5.41, 5.74) is 1.49. The van der Waals surface area contributed by atoms with Crippen LogP contribution in [0.2, 0.25) is 0 Å². The molecule has 0 aromatic heterocycles. The van der Waals surface area contributed by atoms with Gasteiger partial charge in [0.2, 0.25) is 5.91 Å². The third-order valence-electron chi connectivity index (χ3n) is 7.12. The minimum Gasteiger partial charge on any atom is -0.351 e. The first-order chi connectivity index (χ1) is 15.6. The van der Waals surface area contributed by atoms with Crippen LogP contribution in [-0.2, 0) is 4.79 Å². The average molecular weight is 428 g/mol. The molecule has 2 heterocycles. The van der Waals surface area contributed by atoms with Crippen LogP contribution in [0, 0.1) is 5.41 Å². The highest BCUT2D eigenvalue weighted by atomic mass is 16.2. The van der Waals surface area contributed by atoms with E-state index in [1.165, 1.54) is 0 Å². The quantitative estimate of drug-likeness (QED) is 0.667. The summed E-state index contributed by atoms with van der Waals surface area (Å²) in [4.78, 5) is 30.1. The van der Waals surface area contributed by atoms with E-state index in [1.807, 2.05) is 77.7 Å². The number of hydrogen-bond acceptors (Lipinski definition) is 3. The molecule has 2 aliphatic rings. The van der Waals surface area contributed by atoms with Gasteiger partial charge in [-0.15, -0.1) is 0 Å². The van der Waals surface area contributed by atoms with Crippen LogP contribution in [0.15, 0.2) is 72.8 Å². The molecule has 3 aromatic rings. The molecule has 0 saturated carbocycles. The smallest absolute Gasteiger partial charge is 0.251 e. The van der Waals surface area contributed by atoms with E-state index in [4.69, 9.17) is 0 Å². The fraction of sp³-hybridized carbons (Fsp3) is 0.333. The second-order valence-corrected chi connectivity index (χ2v) is 8.98. The number of hydrogen-bond donors (Lipinski definition) is 1. The first-order valence-electron chi connectivity index (χ1n) is 11.5. The fourth-order valence-electron chi connectivity index (χ4n) is 5.10. The largest absolute Gasteiger partial charge is 0.351 e. The van der Waals surface area contributed by atoms with E-state index in [0.717, 1.165) is 61.9 Å². The third-order valence-corrected chi connectivity index (χ3v) is 7.12. The van der Waals surface area contributed by atoms with Gasteiger partial charge in [-0.2, -0.15) is 0 Å². The molecule has 2 amide bonds. The molecule has 0 aliphatic carbocycles. The summed E-state index contributed by atoms with van der Waals surface area (Å²) in [7, 11) is 0. The van der Waals surface area contributed by atoms with Gasteiger partial charge >= 0.3 is 0 Å². The zero-order valence-electron chi connectivity index (χ0n) is 18.3. The van der Waals surface area contributed by atoms with Crippen LogP contribution >= 0.6 is 0 Å². The molecule has 5 nitrogen and oxygen atoms in total. The van der Waals surface area contributed by atoms with Crippen molar-refractivity contribution >= 4 is 28.3 Å². The molecule has 1 spiro atoms. The maximum absolute atomic E-state index is 13.2. The second-order valence-electron chi connectivity index (χ2n) is 8.98. The van der Waals surface area contributed by atoms with Gasteiger partial charge in [-0.3, -0.25) is 9.59 Å². The topological polar surface area (TPSA) is 52.7 Å². The van der Waals surface area contributed by atoms with E-state index >= 15 is 0 Å². The lowest BCUT2D eigenvalue weighted by molar-refractivity contribution is -0.128. The molecule has 164 valence electrons. The Bertz CT molecular complexity index is 1120. The molecule has 2 aliphatic heterocycles. The predicted molar refractivity (Wildman–Crippen MR) is 128 cm³/mol. The number of benzene rings is 3. The number of nitrogens with zero attached hydrogens (tertiary/aromatic N) is 2. The highest BCUT2D eigenvalue weighted by Crippen LogP contribution is 2.42. The number of para-hydroxylation sites is 1. The van der Waals surface area contributed by atoms with Crippen molar-refractivity contribution in [3.05, 3.63) is 78.4 Å². The van der Waals surface area contributed by atoms with Gasteiger partial charge in [0.25, 0.3) is 5.91 Å². The Morgan fingerprint density at radius 1 is 0.844 bits per heavy atom. The molecule has 0 atom stereocenters. The highest BCUT2D eigenvalue weighted by molar-refractivity contribution is 6.00. The standard InChI is InChI=1S/C27H29N3O2/c31-25(23-11-10-21-6-4-5-7-22(21)20-23)28-15-19-29-16-12-27(13-17-29)14-18-30(26(27)32)24-8-2-1-3-9-24/h1-11,20H,12-19H2,(H,28,31). The molecule has 2 fully saturated rings. The molecule has 5 heteroatoms. The minimum absolute atomic E-state index is 0.0336. The van der Waals surface area contributed by atoms with Crippen molar-refractivity contribution in [1.82, 2.24) is 10.2 Å². The summed E-state index contributed by atoms with van der Waals surface area (Å²) in [6.07, 6.45) is 2.73. The van der Waals surface area contributed by atoms with Crippen LogP contribution in [0.5, 0.6) is 0 Å². The lowest BCUT2D eigenvalue weighted by Crippen LogP contribution is -2.46. The summed E-state index contributed by atoms with van der Waals surface area (Å²) in [5, 5.41) is 5.27. The normalized spacial score (nSPS) is 18.4. The zero-order chi connectivity index (χ0) is 22.0. The van der Waals surface area contributed by atoms with Crippen LogP contribution < -0.4 is 10.2 Å².